The second kappa shape index (κ2) is 3.56. The Labute approximate surface area is 93.7 Å². The summed E-state index contributed by atoms with van der Waals surface area (Å²) < 4.78 is 0. The van der Waals surface area contributed by atoms with Crippen LogP contribution >= 0.6 is 0 Å². The molecule has 1 aromatic heterocycles. The quantitative estimate of drug-likeness (QED) is 0.785. The van der Waals surface area contributed by atoms with E-state index in [2.05, 4.69) is 10.3 Å². The molecule has 1 aliphatic heterocycles. The van der Waals surface area contributed by atoms with E-state index in [1.807, 2.05) is 0 Å². The standard InChI is InChI=1S/C12H14N2O2/c15-12(16)10-5-9(7-1-2-7)8-3-4-13-6-11(8)14-10/h5,7,13H,1-4,6H2,(H,15,16). The van der Waals surface area contributed by atoms with Crippen LogP contribution in [0.4, 0.5) is 0 Å². The van der Waals surface area contributed by atoms with Gasteiger partial charge in [-0.05, 0) is 48.9 Å². The number of carboxylic acids is 1. The summed E-state index contributed by atoms with van der Waals surface area (Å²) in [4.78, 5) is 15.2. The maximum atomic E-state index is 11.0. The van der Waals surface area contributed by atoms with Crippen LogP contribution in [0, 0.1) is 0 Å². The number of hydrogen-bond donors (Lipinski definition) is 2. The molecule has 0 saturated heterocycles. The summed E-state index contributed by atoms with van der Waals surface area (Å²) in [5, 5.41) is 12.3. The summed E-state index contributed by atoms with van der Waals surface area (Å²) in [5.41, 5.74) is 3.67. The number of nitrogens with zero attached hydrogens (tertiary/aromatic N) is 1. The summed E-state index contributed by atoms with van der Waals surface area (Å²) >= 11 is 0. The number of carbonyl (C=O) groups is 1. The van der Waals surface area contributed by atoms with Gasteiger partial charge in [-0.15, -0.1) is 0 Å². The number of rotatable bonds is 2. The molecule has 0 amide bonds. The average molecular weight is 218 g/mol. The van der Waals surface area contributed by atoms with Crippen molar-refractivity contribution in [3.63, 3.8) is 0 Å². The molecular formula is C12H14N2O2. The summed E-state index contributed by atoms with van der Waals surface area (Å²) in [5.74, 6) is -0.330. The molecule has 0 atom stereocenters. The SMILES string of the molecule is O=C(O)c1cc(C2CC2)c2c(n1)CNCC2. The number of aromatic carboxylic acids is 1. The lowest BCUT2D eigenvalue weighted by molar-refractivity contribution is 0.0690. The second-order valence-electron chi connectivity index (χ2n) is 4.53. The zero-order valence-electron chi connectivity index (χ0n) is 8.99. The molecule has 2 aliphatic rings. The van der Waals surface area contributed by atoms with E-state index in [1.54, 1.807) is 6.07 Å². The number of carboxylic acid groups (broad SMARTS) is 1. The maximum Gasteiger partial charge on any atom is 0.354 e. The topological polar surface area (TPSA) is 62.2 Å². The molecular weight excluding hydrogens is 204 g/mol. The Hall–Kier alpha value is -1.42. The van der Waals surface area contributed by atoms with Crippen LogP contribution in [-0.2, 0) is 13.0 Å². The molecule has 0 spiro atoms. The lowest BCUT2D eigenvalue weighted by Gasteiger charge is -2.20. The Morgan fingerprint density at radius 3 is 3.00 bits per heavy atom. The monoisotopic (exact) mass is 218 g/mol. The van der Waals surface area contributed by atoms with Crippen LogP contribution in [0.25, 0.3) is 0 Å². The fourth-order valence-electron chi connectivity index (χ4n) is 2.37. The predicted molar refractivity (Wildman–Crippen MR) is 58.6 cm³/mol. The normalized spacial score (nSPS) is 19.2. The third-order valence-corrected chi connectivity index (χ3v) is 3.32. The minimum atomic E-state index is -0.921. The molecule has 4 nitrogen and oxygen atoms in total. The number of nitrogens with one attached hydrogen (secondary N) is 1. The first-order chi connectivity index (χ1) is 7.75. The highest BCUT2D eigenvalue weighted by Crippen LogP contribution is 2.42. The molecule has 1 aromatic rings. The van der Waals surface area contributed by atoms with Crippen LogP contribution in [-0.4, -0.2) is 22.6 Å². The highest BCUT2D eigenvalue weighted by Gasteiger charge is 2.29. The van der Waals surface area contributed by atoms with E-state index in [0.717, 1.165) is 18.7 Å². The molecule has 84 valence electrons. The van der Waals surface area contributed by atoms with Gasteiger partial charge < -0.3 is 10.4 Å². The zero-order valence-corrected chi connectivity index (χ0v) is 8.99. The number of fused-ring (bicyclic) bond motifs is 1. The lowest BCUT2D eigenvalue weighted by Crippen LogP contribution is -2.26. The number of hydrogen-bond acceptors (Lipinski definition) is 3. The van der Waals surface area contributed by atoms with Gasteiger partial charge in [-0.3, -0.25) is 0 Å². The van der Waals surface area contributed by atoms with Gasteiger partial charge in [0.2, 0.25) is 0 Å². The van der Waals surface area contributed by atoms with Crippen molar-refractivity contribution < 1.29 is 9.90 Å². The first kappa shape index (κ1) is 9.78. The molecule has 1 saturated carbocycles. The van der Waals surface area contributed by atoms with Crippen molar-refractivity contribution in [2.24, 2.45) is 0 Å². The second-order valence-corrected chi connectivity index (χ2v) is 4.53. The van der Waals surface area contributed by atoms with E-state index in [0.29, 0.717) is 12.5 Å². The summed E-state index contributed by atoms with van der Waals surface area (Å²) in [6.45, 7) is 1.68. The van der Waals surface area contributed by atoms with Crippen molar-refractivity contribution in [1.29, 1.82) is 0 Å². The number of pyridine rings is 1. The molecule has 0 aromatic carbocycles. The highest BCUT2D eigenvalue weighted by molar-refractivity contribution is 5.85. The largest absolute Gasteiger partial charge is 0.477 e. The Balaban J connectivity index is 2.12. The first-order valence-corrected chi connectivity index (χ1v) is 5.72. The van der Waals surface area contributed by atoms with Gasteiger partial charge in [0.25, 0.3) is 0 Å². The highest BCUT2D eigenvalue weighted by atomic mass is 16.4. The molecule has 3 rings (SSSR count). The van der Waals surface area contributed by atoms with Gasteiger partial charge in [0, 0.05) is 6.54 Å². The molecule has 2 heterocycles. The van der Waals surface area contributed by atoms with Crippen LogP contribution in [0.5, 0.6) is 0 Å². The maximum absolute atomic E-state index is 11.0. The van der Waals surface area contributed by atoms with E-state index in [4.69, 9.17) is 5.11 Å². The van der Waals surface area contributed by atoms with Crippen LogP contribution in [0.2, 0.25) is 0 Å². The van der Waals surface area contributed by atoms with Crippen LogP contribution in [0.3, 0.4) is 0 Å². The molecule has 0 unspecified atom stereocenters. The molecule has 1 fully saturated rings. The predicted octanol–water partition coefficient (Wildman–Crippen LogP) is 1.30. The van der Waals surface area contributed by atoms with Gasteiger partial charge in [-0.25, -0.2) is 9.78 Å². The smallest absolute Gasteiger partial charge is 0.354 e. The van der Waals surface area contributed by atoms with Gasteiger partial charge in [0.15, 0.2) is 0 Å². The Kier molecular flexibility index (Phi) is 2.17. The summed E-state index contributed by atoms with van der Waals surface area (Å²) in [6, 6.07) is 1.78. The van der Waals surface area contributed by atoms with E-state index in [1.165, 1.54) is 24.0 Å². The van der Waals surface area contributed by atoms with Crippen LogP contribution in [0.15, 0.2) is 6.07 Å². The Morgan fingerprint density at radius 1 is 1.50 bits per heavy atom. The van der Waals surface area contributed by atoms with Crippen molar-refractivity contribution in [1.82, 2.24) is 10.3 Å². The van der Waals surface area contributed by atoms with Crippen molar-refractivity contribution in [2.45, 2.75) is 31.7 Å². The lowest BCUT2D eigenvalue weighted by atomic mass is 9.96. The van der Waals surface area contributed by atoms with Crippen molar-refractivity contribution >= 4 is 5.97 Å². The molecule has 0 radical (unpaired) electrons. The molecule has 2 N–H and O–H groups in total. The average Bonchev–Trinajstić information content (AvgIpc) is 3.11. The van der Waals surface area contributed by atoms with Gasteiger partial charge in [-0.2, -0.15) is 0 Å². The van der Waals surface area contributed by atoms with Crippen molar-refractivity contribution in [2.75, 3.05) is 6.54 Å². The van der Waals surface area contributed by atoms with Gasteiger partial charge >= 0.3 is 5.97 Å². The fraction of sp³-hybridized carbons (Fsp3) is 0.500. The van der Waals surface area contributed by atoms with Gasteiger partial charge in [-0.1, -0.05) is 0 Å². The third-order valence-electron chi connectivity index (χ3n) is 3.32. The molecule has 0 bridgehead atoms. The van der Waals surface area contributed by atoms with Crippen molar-refractivity contribution in [3.05, 3.63) is 28.6 Å². The minimum Gasteiger partial charge on any atom is -0.477 e. The Bertz CT molecular complexity index is 453. The van der Waals surface area contributed by atoms with E-state index in [-0.39, 0.29) is 5.69 Å². The fourth-order valence-corrected chi connectivity index (χ4v) is 2.37. The first-order valence-electron chi connectivity index (χ1n) is 5.72. The zero-order chi connectivity index (χ0) is 11.1. The van der Waals surface area contributed by atoms with Crippen LogP contribution < -0.4 is 5.32 Å². The third kappa shape index (κ3) is 1.59. The molecule has 1 aliphatic carbocycles. The van der Waals surface area contributed by atoms with Gasteiger partial charge in [0.05, 0.1) is 5.69 Å². The van der Waals surface area contributed by atoms with Gasteiger partial charge in [0.1, 0.15) is 5.69 Å². The molecule has 4 heteroatoms. The van der Waals surface area contributed by atoms with Crippen LogP contribution in [0.1, 0.15) is 46.1 Å². The minimum absolute atomic E-state index is 0.198. The van der Waals surface area contributed by atoms with E-state index < -0.39 is 5.97 Å². The molecule has 16 heavy (non-hydrogen) atoms. The summed E-state index contributed by atoms with van der Waals surface area (Å²) in [6.07, 6.45) is 3.37. The summed E-state index contributed by atoms with van der Waals surface area (Å²) in [7, 11) is 0. The van der Waals surface area contributed by atoms with E-state index >= 15 is 0 Å². The Morgan fingerprint density at radius 2 is 2.31 bits per heavy atom. The number of aromatic nitrogens is 1. The van der Waals surface area contributed by atoms with E-state index in [9.17, 15) is 4.79 Å². The van der Waals surface area contributed by atoms with Crippen molar-refractivity contribution in [3.8, 4) is 0 Å².